The van der Waals surface area contributed by atoms with Gasteiger partial charge in [0.05, 0.1) is 22.6 Å². The maximum atomic E-state index is 12.5. The molecule has 1 atom stereocenters. The molecule has 1 unspecified atom stereocenters. The minimum Gasteiger partial charge on any atom is -0.427 e. The van der Waals surface area contributed by atoms with Gasteiger partial charge in [0.2, 0.25) is 0 Å². The molecule has 0 bridgehead atoms. The molecule has 0 radical (unpaired) electrons. The monoisotopic (exact) mass is 582 g/mol. The molecule has 0 amide bonds. The molecule has 0 saturated heterocycles. The van der Waals surface area contributed by atoms with E-state index in [1.165, 1.54) is 30.1 Å². The van der Waals surface area contributed by atoms with Crippen molar-refractivity contribution < 1.29 is 18.5 Å². The summed E-state index contributed by atoms with van der Waals surface area (Å²) in [6, 6.07) is 20.6. The molecular formula is C35H38N2O4S. The molecule has 3 aromatic carbocycles. The summed E-state index contributed by atoms with van der Waals surface area (Å²) in [5.41, 5.74) is 18.7. The summed E-state index contributed by atoms with van der Waals surface area (Å²) in [7, 11) is 0. The van der Waals surface area contributed by atoms with Gasteiger partial charge in [-0.05, 0) is 85.7 Å². The maximum Gasteiger partial charge on any atom is 0.343 e. The fourth-order valence-corrected chi connectivity index (χ4v) is 5.40. The Morgan fingerprint density at radius 2 is 1.76 bits per heavy atom. The van der Waals surface area contributed by atoms with E-state index in [1.807, 2.05) is 0 Å². The van der Waals surface area contributed by atoms with E-state index >= 15 is 0 Å². The van der Waals surface area contributed by atoms with Crippen LogP contribution in [0, 0.1) is 0 Å². The highest BCUT2D eigenvalue weighted by Gasteiger charge is 2.19. The number of hydrogen-bond acceptors (Lipinski definition) is 7. The summed E-state index contributed by atoms with van der Waals surface area (Å²) in [5.74, 6) is 0.0787. The van der Waals surface area contributed by atoms with Crippen LogP contribution in [0.25, 0.3) is 6.08 Å². The first kappa shape index (κ1) is 30.7. The highest BCUT2D eigenvalue weighted by molar-refractivity contribution is 7.95. The molecule has 0 fully saturated rings. The lowest BCUT2D eigenvalue weighted by atomic mass is 9.80. The van der Waals surface area contributed by atoms with Crippen LogP contribution in [0.3, 0.4) is 0 Å². The zero-order valence-electron chi connectivity index (χ0n) is 24.2. The van der Waals surface area contributed by atoms with E-state index in [1.54, 1.807) is 54.1 Å². The molecule has 6 nitrogen and oxygen atoms in total. The summed E-state index contributed by atoms with van der Waals surface area (Å²) >= 11 is 0.878. The van der Waals surface area contributed by atoms with Crippen LogP contribution in [0.5, 0.6) is 5.75 Å². The lowest BCUT2D eigenvalue weighted by Crippen LogP contribution is -2.09. The van der Waals surface area contributed by atoms with Crippen molar-refractivity contribution in [1.29, 1.82) is 0 Å². The van der Waals surface area contributed by atoms with E-state index in [2.05, 4.69) is 50.3 Å². The van der Waals surface area contributed by atoms with Crippen molar-refractivity contribution in [3.63, 3.8) is 0 Å². The van der Waals surface area contributed by atoms with Crippen molar-refractivity contribution in [2.45, 2.75) is 63.2 Å². The number of aryl methyl sites for hydroxylation is 1. The number of esters is 1. The number of nitrogens with two attached hydrogens (primary N) is 2. The van der Waals surface area contributed by atoms with Gasteiger partial charge < -0.3 is 20.4 Å². The molecule has 0 heterocycles. The standard InChI is InChI=1S/C35H38N2O4S/c1-3-4-7-30-24(2)6-5-8-31(30)27-15-9-25(10-16-27)13-21-34(38)40-29-18-11-26(12-19-29)14-22-35(39)41-42-33-20-17-28(36)23-32(33)37/h5-6,9-12,14-20,22-23,31H,3-4,7-8,13,21,36-37H2,1-2H3/b22-14+. The van der Waals surface area contributed by atoms with Gasteiger partial charge in [0.25, 0.3) is 0 Å². The van der Waals surface area contributed by atoms with Gasteiger partial charge in [-0.15, -0.1) is 0 Å². The number of carbonyl (C=O) groups excluding carboxylic acids is 2. The van der Waals surface area contributed by atoms with Crippen LogP contribution in [0.4, 0.5) is 11.4 Å². The van der Waals surface area contributed by atoms with Crippen LogP contribution in [0.1, 0.15) is 68.6 Å². The van der Waals surface area contributed by atoms with Gasteiger partial charge in [-0.3, -0.25) is 4.79 Å². The molecular weight excluding hydrogens is 544 g/mol. The van der Waals surface area contributed by atoms with Crippen molar-refractivity contribution >= 4 is 41.4 Å². The number of anilines is 2. The molecule has 0 aromatic heterocycles. The Morgan fingerprint density at radius 1 is 1.00 bits per heavy atom. The van der Waals surface area contributed by atoms with E-state index in [-0.39, 0.29) is 12.4 Å². The molecule has 218 valence electrons. The number of benzene rings is 3. The maximum absolute atomic E-state index is 12.5. The smallest absolute Gasteiger partial charge is 0.343 e. The normalized spacial score (nSPS) is 14.8. The fourth-order valence-electron chi connectivity index (χ4n) is 4.89. The molecule has 0 saturated carbocycles. The minimum absolute atomic E-state index is 0.288. The third-order valence-corrected chi connectivity index (χ3v) is 8.04. The zero-order valence-corrected chi connectivity index (χ0v) is 25.0. The van der Waals surface area contributed by atoms with Crippen molar-refractivity contribution in [1.82, 2.24) is 0 Å². The summed E-state index contributed by atoms with van der Waals surface area (Å²) in [4.78, 5) is 25.2. The Balaban J connectivity index is 1.22. The Morgan fingerprint density at radius 3 is 2.48 bits per heavy atom. The summed E-state index contributed by atoms with van der Waals surface area (Å²) in [6.07, 6.45) is 13.0. The van der Waals surface area contributed by atoms with Crippen LogP contribution in [-0.2, 0) is 20.2 Å². The Labute approximate surface area is 252 Å². The Bertz CT molecular complexity index is 1470. The average Bonchev–Trinajstić information content (AvgIpc) is 2.99. The van der Waals surface area contributed by atoms with Gasteiger partial charge in [0.15, 0.2) is 0 Å². The predicted octanol–water partition coefficient (Wildman–Crippen LogP) is 8.20. The van der Waals surface area contributed by atoms with Gasteiger partial charge in [0.1, 0.15) is 5.75 Å². The van der Waals surface area contributed by atoms with E-state index in [4.69, 9.17) is 20.4 Å². The number of ether oxygens (including phenoxy) is 1. The molecule has 0 aliphatic heterocycles. The third-order valence-electron chi connectivity index (χ3n) is 7.24. The lowest BCUT2D eigenvalue weighted by molar-refractivity contribution is -0.134. The first-order valence-electron chi connectivity index (χ1n) is 14.3. The number of allylic oxidation sites excluding steroid dienone is 4. The average molecular weight is 583 g/mol. The molecule has 7 heteroatoms. The fraction of sp³-hybridized carbons (Fsp3) is 0.257. The third kappa shape index (κ3) is 8.88. The van der Waals surface area contributed by atoms with Crippen molar-refractivity contribution in [2.75, 3.05) is 11.5 Å². The van der Waals surface area contributed by atoms with Gasteiger partial charge >= 0.3 is 11.9 Å². The highest BCUT2D eigenvalue weighted by Crippen LogP contribution is 2.37. The van der Waals surface area contributed by atoms with E-state index in [9.17, 15) is 9.59 Å². The van der Waals surface area contributed by atoms with Crippen LogP contribution < -0.4 is 16.2 Å². The topological polar surface area (TPSA) is 105 Å². The lowest BCUT2D eigenvalue weighted by Gasteiger charge is -2.25. The quantitative estimate of drug-likeness (QED) is 0.0729. The number of carbonyl (C=O) groups is 2. The van der Waals surface area contributed by atoms with Gasteiger partial charge in [-0.25, -0.2) is 4.79 Å². The minimum atomic E-state index is -0.529. The van der Waals surface area contributed by atoms with Crippen molar-refractivity contribution in [3.8, 4) is 5.75 Å². The molecule has 42 heavy (non-hydrogen) atoms. The second kappa shape index (κ2) is 15.1. The molecule has 0 spiro atoms. The number of hydrogen-bond donors (Lipinski definition) is 2. The predicted molar refractivity (Wildman–Crippen MR) is 172 cm³/mol. The van der Waals surface area contributed by atoms with Crippen molar-refractivity contribution in [3.05, 3.63) is 113 Å². The first-order valence-corrected chi connectivity index (χ1v) is 15.0. The Hall–Kier alpha value is -4.23. The Kier molecular flexibility index (Phi) is 11.1. The number of rotatable bonds is 12. The molecule has 1 aliphatic carbocycles. The highest BCUT2D eigenvalue weighted by atomic mass is 32.2. The van der Waals surface area contributed by atoms with Crippen LogP contribution >= 0.6 is 12.0 Å². The van der Waals surface area contributed by atoms with Crippen LogP contribution in [0.2, 0.25) is 0 Å². The summed E-state index contributed by atoms with van der Waals surface area (Å²) in [6.45, 7) is 4.45. The largest absolute Gasteiger partial charge is 0.427 e. The number of nitrogen functional groups attached to an aromatic ring is 2. The number of unbranched alkanes of at least 4 members (excludes halogenated alkanes) is 1. The van der Waals surface area contributed by atoms with E-state index in [0.717, 1.165) is 36.0 Å². The van der Waals surface area contributed by atoms with Crippen LogP contribution in [0.15, 0.2) is 101 Å². The second-order valence-electron chi connectivity index (χ2n) is 10.4. The van der Waals surface area contributed by atoms with Crippen LogP contribution in [-0.4, -0.2) is 11.9 Å². The second-order valence-corrected chi connectivity index (χ2v) is 11.2. The molecule has 3 aromatic rings. The van der Waals surface area contributed by atoms with E-state index < -0.39 is 5.97 Å². The molecule has 1 aliphatic rings. The first-order chi connectivity index (χ1) is 20.3. The van der Waals surface area contributed by atoms with Gasteiger partial charge in [-0.1, -0.05) is 73.0 Å². The van der Waals surface area contributed by atoms with E-state index in [0.29, 0.717) is 34.4 Å². The summed E-state index contributed by atoms with van der Waals surface area (Å²) in [5, 5.41) is 0. The molecule has 4 rings (SSSR count). The summed E-state index contributed by atoms with van der Waals surface area (Å²) < 4.78 is 10.7. The zero-order chi connectivity index (χ0) is 29.9. The van der Waals surface area contributed by atoms with Gasteiger partial charge in [0, 0.05) is 24.1 Å². The van der Waals surface area contributed by atoms with Crippen molar-refractivity contribution in [2.24, 2.45) is 0 Å². The van der Waals surface area contributed by atoms with Gasteiger partial charge in [-0.2, -0.15) is 0 Å². The molecule has 4 N–H and O–H groups in total. The SMILES string of the molecule is CCCCC1=C(C)C=CCC1c1ccc(CCC(=O)Oc2ccc(/C=C/C(=O)OSc3ccc(N)cc3N)cc2)cc1.